The van der Waals surface area contributed by atoms with Gasteiger partial charge in [-0.05, 0) is 24.5 Å². The van der Waals surface area contributed by atoms with Crippen molar-refractivity contribution in [1.29, 1.82) is 0 Å². The lowest BCUT2D eigenvalue weighted by Gasteiger charge is -2.06. The molecule has 0 aliphatic heterocycles. The van der Waals surface area contributed by atoms with Gasteiger partial charge in [-0.25, -0.2) is 0 Å². The molecule has 1 heterocycles. The minimum absolute atomic E-state index is 0.0275. The normalized spacial score (nSPS) is 10.1. The van der Waals surface area contributed by atoms with Crippen molar-refractivity contribution in [2.75, 3.05) is 23.9 Å². The third-order valence-corrected chi connectivity index (χ3v) is 2.64. The number of hydrogen-bond acceptors (Lipinski definition) is 3. The van der Waals surface area contributed by atoms with Crippen molar-refractivity contribution in [3.8, 4) is 0 Å². The van der Waals surface area contributed by atoms with Crippen molar-refractivity contribution in [3.05, 3.63) is 28.7 Å². The zero-order valence-corrected chi connectivity index (χ0v) is 9.43. The van der Waals surface area contributed by atoms with Crippen molar-refractivity contribution >= 4 is 17.4 Å². The third kappa shape index (κ3) is 3.46. The molecule has 1 rings (SSSR count). The van der Waals surface area contributed by atoms with Gasteiger partial charge in [-0.15, -0.1) is 0 Å². The second kappa shape index (κ2) is 5.75. The largest absolute Gasteiger partial charge is 0.384 e. The molecule has 0 bridgehead atoms. The summed E-state index contributed by atoms with van der Waals surface area (Å²) in [4.78, 5) is 11.1. The molecule has 0 amide bonds. The average Bonchev–Trinajstić information content (AvgIpc) is 2.18. The van der Waals surface area contributed by atoms with Crippen molar-refractivity contribution in [2.24, 2.45) is 7.05 Å². The van der Waals surface area contributed by atoms with Crippen LogP contribution in [-0.4, -0.2) is 23.1 Å². The summed E-state index contributed by atoms with van der Waals surface area (Å²) >= 11 is 1.85. The summed E-state index contributed by atoms with van der Waals surface area (Å²) in [5.41, 5.74) is 1.04. The molecule has 0 aliphatic rings. The highest BCUT2D eigenvalue weighted by Crippen LogP contribution is 2.03. The number of thioether (sulfide) groups is 1. The van der Waals surface area contributed by atoms with E-state index in [4.69, 9.17) is 0 Å². The van der Waals surface area contributed by atoms with Gasteiger partial charge in [0, 0.05) is 25.9 Å². The summed E-state index contributed by atoms with van der Waals surface area (Å²) in [6, 6.07) is 3.40. The Morgan fingerprint density at radius 3 is 2.93 bits per heavy atom. The molecule has 0 fully saturated rings. The Bertz CT molecular complexity index is 335. The first-order valence-electron chi connectivity index (χ1n) is 4.63. The zero-order chi connectivity index (χ0) is 10.4. The van der Waals surface area contributed by atoms with Gasteiger partial charge in [0.2, 0.25) is 5.56 Å². The molecule has 78 valence electrons. The van der Waals surface area contributed by atoms with Gasteiger partial charge in [-0.2, -0.15) is 11.8 Å². The molecule has 0 saturated carbocycles. The number of hydrogen-bond donors (Lipinski definition) is 1. The Morgan fingerprint density at radius 2 is 2.29 bits per heavy atom. The van der Waals surface area contributed by atoms with Crippen LogP contribution in [0.15, 0.2) is 23.1 Å². The predicted molar refractivity (Wildman–Crippen MR) is 63.2 cm³/mol. The standard InChI is InChI=1S/C10H16N2OS/c1-12-8-9(4-5-10(12)13)11-6-3-7-14-2/h4-5,8,11H,3,6-7H2,1-2H3. The topological polar surface area (TPSA) is 34.0 Å². The number of nitrogens with one attached hydrogen (secondary N) is 1. The fraction of sp³-hybridized carbons (Fsp3) is 0.500. The molecule has 0 radical (unpaired) electrons. The van der Waals surface area contributed by atoms with E-state index in [-0.39, 0.29) is 5.56 Å². The highest BCUT2D eigenvalue weighted by Gasteiger charge is 1.93. The second-order valence-electron chi connectivity index (χ2n) is 3.14. The molecule has 0 unspecified atom stereocenters. The van der Waals surface area contributed by atoms with E-state index in [1.165, 1.54) is 5.75 Å². The monoisotopic (exact) mass is 212 g/mol. The molecular weight excluding hydrogens is 196 g/mol. The number of nitrogens with zero attached hydrogens (tertiary/aromatic N) is 1. The average molecular weight is 212 g/mol. The number of pyridine rings is 1. The van der Waals surface area contributed by atoms with Crippen LogP contribution in [0.3, 0.4) is 0 Å². The van der Waals surface area contributed by atoms with Crippen LogP contribution in [0, 0.1) is 0 Å². The molecule has 4 heteroatoms. The smallest absolute Gasteiger partial charge is 0.250 e. The van der Waals surface area contributed by atoms with Crippen molar-refractivity contribution in [3.63, 3.8) is 0 Å². The summed E-state index contributed by atoms with van der Waals surface area (Å²) in [6.45, 7) is 0.957. The lowest BCUT2D eigenvalue weighted by molar-refractivity contribution is 0.857. The summed E-state index contributed by atoms with van der Waals surface area (Å²) in [6.07, 6.45) is 5.07. The van der Waals surface area contributed by atoms with Gasteiger partial charge < -0.3 is 9.88 Å². The van der Waals surface area contributed by atoms with Crippen LogP contribution in [0.4, 0.5) is 5.69 Å². The first-order chi connectivity index (χ1) is 6.74. The zero-order valence-electron chi connectivity index (χ0n) is 8.62. The van der Waals surface area contributed by atoms with Gasteiger partial charge >= 0.3 is 0 Å². The number of anilines is 1. The highest BCUT2D eigenvalue weighted by molar-refractivity contribution is 7.98. The summed E-state index contributed by atoms with van der Waals surface area (Å²) in [7, 11) is 1.76. The van der Waals surface area contributed by atoms with Gasteiger partial charge in [0.05, 0.1) is 5.69 Å². The molecule has 14 heavy (non-hydrogen) atoms. The van der Waals surface area contributed by atoms with Gasteiger partial charge in [-0.3, -0.25) is 4.79 Å². The van der Waals surface area contributed by atoms with Gasteiger partial charge in [0.25, 0.3) is 0 Å². The third-order valence-electron chi connectivity index (χ3n) is 1.94. The van der Waals surface area contributed by atoms with E-state index in [1.807, 2.05) is 24.0 Å². The van der Waals surface area contributed by atoms with Crippen LogP contribution in [-0.2, 0) is 7.05 Å². The Hall–Kier alpha value is -0.900. The molecule has 0 atom stereocenters. The van der Waals surface area contributed by atoms with E-state index in [0.717, 1.165) is 18.7 Å². The molecule has 0 saturated heterocycles. The number of aromatic nitrogens is 1. The van der Waals surface area contributed by atoms with Crippen molar-refractivity contribution in [2.45, 2.75) is 6.42 Å². The van der Waals surface area contributed by atoms with Crippen LogP contribution >= 0.6 is 11.8 Å². The van der Waals surface area contributed by atoms with Crippen LogP contribution < -0.4 is 10.9 Å². The first-order valence-corrected chi connectivity index (χ1v) is 6.03. The lowest BCUT2D eigenvalue weighted by Crippen LogP contribution is -2.15. The van der Waals surface area contributed by atoms with Crippen molar-refractivity contribution in [1.82, 2.24) is 4.57 Å². The summed E-state index contributed by atoms with van der Waals surface area (Å²) < 4.78 is 1.58. The predicted octanol–water partition coefficient (Wildman–Crippen LogP) is 1.55. The highest BCUT2D eigenvalue weighted by atomic mass is 32.2. The maximum Gasteiger partial charge on any atom is 0.250 e. The Balaban J connectivity index is 2.43. The van der Waals surface area contributed by atoms with E-state index in [2.05, 4.69) is 11.6 Å². The molecule has 0 aromatic carbocycles. The lowest BCUT2D eigenvalue weighted by atomic mass is 10.4. The molecule has 1 N–H and O–H groups in total. The second-order valence-corrected chi connectivity index (χ2v) is 4.13. The quantitative estimate of drug-likeness (QED) is 0.752. The van der Waals surface area contributed by atoms with Gasteiger partial charge in [0.15, 0.2) is 0 Å². The minimum atomic E-state index is 0.0275. The van der Waals surface area contributed by atoms with E-state index >= 15 is 0 Å². The Kier molecular flexibility index (Phi) is 4.59. The first kappa shape index (κ1) is 11.2. The van der Waals surface area contributed by atoms with E-state index in [0.29, 0.717) is 0 Å². The molecule has 1 aromatic heterocycles. The van der Waals surface area contributed by atoms with Crippen LogP contribution in [0.2, 0.25) is 0 Å². The molecular formula is C10H16N2OS. The Labute approximate surface area is 88.5 Å². The number of aryl methyl sites for hydroxylation is 1. The molecule has 1 aromatic rings. The molecule has 0 spiro atoms. The van der Waals surface area contributed by atoms with Crippen LogP contribution in [0.25, 0.3) is 0 Å². The number of rotatable bonds is 5. The van der Waals surface area contributed by atoms with E-state index < -0.39 is 0 Å². The molecule has 0 aliphatic carbocycles. The fourth-order valence-corrected chi connectivity index (χ4v) is 1.58. The molecule has 3 nitrogen and oxygen atoms in total. The van der Waals surface area contributed by atoms with Crippen molar-refractivity contribution < 1.29 is 0 Å². The van der Waals surface area contributed by atoms with Gasteiger partial charge in [0.1, 0.15) is 0 Å². The van der Waals surface area contributed by atoms with Crippen LogP contribution in [0.5, 0.6) is 0 Å². The van der Waals surface area contributed by atoms with Gasteiger partial charge in [-0.1, -0.05) is 0 Å². The van der Waals surface area contributed by atoms with E-state index in [9.17, 15) is 4.79 Å². The summed E-state index contributed by atoms with van der Waals surface area (Å²) in [5.74, 6) is 1.17. The van der Waals surface area contributed by atoms with E-state index in [1.54, 1.807) is 17.7 Å². The minimum Gasteiger partial charge on any atom is -0.384 e. The SMILES string of the molecule is CSCCCNc1ccc(=O)n(C)c1. The fourth-order valence-electron chi connectivity index (χ4n) is 1.15. The Morgan fingerprint density at radius 1 is 1.50 bits per heavy atom. The maximum absolute atomic E-state index is 11.1. The maximum atomic E-state index is 11.1. The summed E-state index contributed by atoms with van der Waals surface area (Å²) in [5, 5.41) is 3.27. The van der Waals surface area contributed by atoms with Crippen LogP contribution in [0.1, 0.15) is 6.42 Å².